The molecule has 6 nitrogen and oxygen atoms in total. The lowest BCUT2D eigenvalue weighted by Crippen LogP contribution is -2.29. The Kier molecular flexibility index (Phi) is 3.79. The number of aromatic nitrogens is 3. The third kappa shape index (κ3) is 2.90. The fourth-order valence-electron chi connectivity index (χ4n) is 1.74. The van der Waals surface area contributed by atoms with Crippen LogP contribution >= 0.6 is 0 Å². The SMILES string of the molecule is CCN(C)C(=O)Cn1cncc1-c1ccnc(N)c1. The number of nitrogen functional groups attached to an aromatic ring is 1. The standard InChI is InChI=1S/C13H17N5O/c1-3-17(2)13(19)8-18-9-15-7-11(18)10-4-5-16-12(14)6-10/h4-7,9H,3,8H2,1-2H3,(H2,14,16). The molecule has 0 bridgehead atoms. The zero-order chi connectivity index (χ0) is 13.8. The van der Waals surface area contributed by atoms with E-state index in [1.54, 1.807) is 36.7 Å². The minimum Gasteiger partial charge on any atom is -0.384 e. The molecule has 6 heteroatoms. The number of anilines is 1. The smallest absolute Gasteiger partial charge is 0.242 e. The number of hydrogen-bond acceptors (Lipinski definition) is 4. The van der Waals surface area contributed by atoms with Gasteiger partial charge in [0.2, 0.25) is 5.91 Å². The van der Waals surface area contributed by atoms with E-state index in [4.69, 9.17) is 5.73 Å². The quantitative estimate of drug-likeness (QED) is 0.888. The molecule has 2 heterocycles. The van der Waals surface area contributed by atoms with Crippen molar-refractivity contribution in [1.82, 2.24) is 19.4 Å². The van der Waals surface area contributed by atoms with E-state index in [2.05, 4.69) is 9.97 Å². The number of nitrogens with two attached hydrogens (primary N) is 1. The van der Waals surface area contributed by atoms with Crippen LogP contribution in [0.4, 0.5) is 5.82 Å². The summed E-state index contributed by atoms with van der Waals surface area (Å²) in [6, 6.07) is 3.61. The molecule has 0 saturated heterocycles. The number of rotatable bonds is 4. The van der Waals surface area contributed by atoms with Gasteiger partial charge in [-0.2, -0.15) is 0 Å². The van der Waals surface area contributed by atoms with Gasteiger partial charge >= 0.3 is 0 Å². The minimum atomic E-state index is 0.0452. The highest BCUT2D eigenvalue weighted by Gasteiger charge is 2.11. The van der Waals surface area contributed by atoms with Crippen LogP contribution in [0.1, 0.15) is 6.92 Å². The van der Waals surface area contributed by atoms with Gasteiger partial charge in [-0.05, 0) is 19.1 Å². The van der Waals surface area contributed by atoms with Crippen molar-refractivity contribution in [1.29, 1.82) is 0 Å². The highest BCUT2D eigenvalue weighted by Crippen LogP contribution is 2.19. The van der Waals surface area contributed by atoms with Crippen LogP contribution in [-0.4, -0.2) is 38.9 Å². The predicted molar refractivity (Wildman–Crippen MR) is 73.2 cm³/mol. The Morgan fingerprint density at radius 2 is 2.32 bits per heavy atom. The number of imidazole rings is 1. The topological polar surface area (TPSA) is 77.0 Å². The Balaban J connectivity index is 2.25. The van der Waals surface area contributed by atoms with Gasteiger partial charge in [0, 0.05) is 25.4 Å². The molecule has 0 atom stereocenters. The zero-order valence-corrected chi connectivity index (χ0v) is 11.1. The fraction of sp³-hybridized carbons (Fsp3) is 0.308. The van der Waals surface area contributed by atoms with Gasteiger partial charge in [0.15, 0.2) is 0 Å². The number of likely N-dealkylation sites (N-methyl/N-ethyl adjacent to an activating group) is 1. The van der Waals surface area contributed by atoms with Crippen LogP contribution in [0.3, 0.4) is 0 Å². The molecule has 0 aliphatic heterocycles. The average Bonchev–Trinajstić information content (AvgIpc) is 2.85. The van der Waals surface area contributed by atoms with E-state index in [-0.39, 0.29) is 12.5 Å². The summed E-state index contributed by atoms with van der Waals surface area (Å²) in [5.74, 6) is 0.492. The lowest BCUT2D eigenvalue weighted by Gasteiger charge is -2.16. The molecule has 0 radical (unpaired) electrons. The van der Waals surface area contributed by atoms with Crippen LogP contribution in [0.2, 0.25) is 0 Å². The minimum absolute atomic E-state index is 0.0452. The largest absolute Gasteiger partial charge is 0.384 e. The molecular formula is C13H17N5O. The van der Waals surface area contributed by atoms with Gasteiger partial charge in [-0.15, -0.1) is 0 Å². The molecule has 2 aromatic heterocycles. The lowest BCUT2D eigenvalue weighted by atomic mass is 10.2. The first-order valence-electron chi connectivity index (χ1n) is 6.07. The van der Waals surface area contributed by atoms with Crippen molar-refractivity contribution in [2.24, 2.45) is 0 Å². The molecule has 0 unspecified atom stereocenters. The Hall–Kier alpha value is -2.37. The zero-order valence-electron chi connectivity index (χ0n) is 11.1. The molecule has 2 rings (SSSR count). The maximum absolute atomic E-state index is 11.9. The van der Waals surface area contributed by atoms with Gasteiger partial charge in [0.25, 0.3) is 0 Å². The monoisotopic (exact) mass is 259 g/mol. The van der Waals surface area contributed by atoms with Crippen molar-refractivity contribution in [3.63, 3.8) is 0 Å². The summed E-state index contributed by atoms with van der Waals surface area (Å²) in [5, 5.41) is 0. The van der Waals surface area contributed by atoms with Crippen LogP contribution in [0.5, 0.6) is 0 Å². The average molecular weight is 259 g/mol. The van der Waals surface area contributed by atoms with E-state index < -0.39 is 0 Å². The van der Waals surface area contributed by atoms with Crippen LogP contribution in [0.15, 0.2) is 30.9 Å². The highest BCUT2D eigenvalue weighted by molar-refractivity contribution is 5.76. The van der Waals surface area contributed by atoms with Crippen LogP contribution < -0.4 is 5.73 Å². The first-order chi connectivity index (χ1) is 9.11. The molecule has 0 saturated carbocycles. The molecule has 1 amide bonds. The predicted octanol–water partition coefficient (Wildman–Crippen LogP) is 1.01. The third-order valence-electron chi connectivity index (χ3n) is 2.99. The third-order valence-corrected chi connectivity index (χ3v) is 2.99. The molecule has 0 aliphatic rings. The van der Waals surface area contributed by atoms with Gasteiger partial charge in [-0.1, -0.05) is 0 Å². The van der Waals surface area contributed by atoms with Crippen LogP contribution in [0.25, 0.3) is 11.3 Å². The summed E-state index contributed by atoms with van der Waals surface area (Å²) in [7, 11) is 1.78. The van der Waals surface area contributed by atoms with Gasteiger partial charge < -0.3 is 15.2 Å². The van der Waals surface area contributed by atoms with Gasteiger partial charge in [0.1, 0.15) is 12.4 Å². The number of nitrogens with zero attached hydrogens (tertiary/aromatic N) is 4. The summed E-state index contributed by atoms with van der Waals surface area (Å²) in [5.41, 5.74) is 7.42. The molecule has 0 fully saturated rings. The summed E-state index contributed by atoms with van der Waals surface area (Å²) in [6.07, 6.45) is 5.00. The van der Waals surface area contributed by atoms with Crippen molar-refractivity contribution >= 4 is 11.7 Å². The summed E-state index contributed by atoms with van der Waals surface area (Å²) >= 11 is 0. The van der Waals surface area contributed by atoms with Crippen molar-refractivity contribution in [3.8, 4) is 11.3 Å². The summed E-state index contributed by atoms with van der Waals surface area (Å²) in [4.78, 5) is 21.7. The second-order valence-corrected chi connectivity index (χ2v) is 4.28. The second kappa shape index (κ2) is 5.51. The van der Waals surface area contributed by atoms with Crippen LogP contribution in [0, 0.1) is 0 Å². The van der Waals surface area contributed by atoms with E-state index in [1.165, 1.54) is 0 Å². The summed E-state index contributed by atoms with van der Waals surface area (Å²) < 4.78 is 1.81. The normalized spacial score (nSPS) is 10.4. The second-order valence-electron chi connectivity index (χ2n) is 4.28. The molecule has 2 aromatic rings. The molecule has 2 N–H and O–H groups in total. The van der Waals surface area contributed by atoms with Crippen molar-refractivity contribution in [3.05, 3.63) is 30.9 Å². The molecule has 0 aromatic carbocycles. The maximum atomic E-state index is 11.9. The number of carbonyl (C=O) groups excluding carboxylic acids is 1. The van der Waals surface area contributed by atoms with E-state index in [0.29, 0.717) is 12.4 Å². The number of carbonyl (C=O) groups is 1. The van der Waals surface area contributed by atoms with Gasteiger partial charge in [0.05, 0.1) is 18.2 Å². The first kappa shape index (κ1) is 13.1. The Bertz CT molecular complexity index is 578. The molecule has 19 heavy (non-hydrogen) atoms. The molecule has 0 spiro atoms. The molecule has 0 aliphatic carbocycles. The Labute approximate surface area is 111 Å². The lowest BCUT2D eigenvalue weighted by molar-refractivity contribution is -0.130. The van der Waals surface area contributed by atoms with E-state index >= 15 is 0 Å². The number of pyridine rings is 1. The highest BCUT2D eigenvalue weighted by atomic mass is 16.2. The van der Waals surface area contributed by atoms with Gasteiger partial charge in [-0.25, -0.2) is 9.97 Å². The van der Waals surface area contributed by atoms with Crippen molar-refractivity contribution in [2.45, 2.75) is 13.5 Å². The Morgan fingerprint density at radius 1 is 1.53 bits per heavy atom. The Morgan fingerprint density at radius 3 is 3.00 bits per heavy atom. The maximum Gasteiger partial charge on any atom is 0.242 e. The van der Waals surface area contributed by atoms with Crippen molar-refractivity contribution < 1.29 is 4.79 Å². The molecule has 100 valence electrons. The van der Waals surface area contributed by atoms with E-state index in [9.17, 15) is 4.79 Å². The molecular weight excluding hydrogens is 242 g/mol. The first-order valence-corrected chi connectivity index (χ1v) is 6.07. The van der Waals surface area contributed by atoms with Gasteiger partial charge in [-0.3, -0.25) is 4.79 Å². The summed E-state index contributed by atoms with van der Waals surface area (Å²) in [6.45, 7) is 2.89. The van der Waals surface area contributed by atoms with E-state index in [0.717, 1.165) is 11.3 Å². The number of amides is 1. The van der Waals surface area contributed by atoms with Crippen LogP contribution in [-0.2, 0) is 11.3 Å². The van der Waals surface area contributed by atoms with E-state index in [1.807, 2.05) is 17.6 Å². The fourth-order valence-corrected chi connectivity index (χ4v) is 1.74. The number of hydrogen-bond donors (Lipinski definition) is 1. The van der Waals surface area contributed by atoms with Crippen molar-refractivity contribution in [2.75, 3.05) is 19.3 Å².